The lowest BCUT2D eigenvalue weighted by Crippen LogP contribution is -2.45. The summed E-state index contributed by atoms with van der Waals surface area (Å²) in [5, 5.41) is 4.77. The van der Waals surface area contributed by atoms with Gasteiger partial charge >= 0.3 is 5.69 Å². The Morgan fingerprint density at radius 3 is 2.19 bits per heavy atom. The summed E-state index contributed by atoms with van der Waals surface area (Å²) in [7, 11) is 0. The van der Waals surface area contributed by atoms with Crippen LogP contribution in [0.3, 0.4) is 0 Å². The zero-order chi connectivity index (χ0) is 25.1. The molecule has 0 bridgehead atoms. The molecule has 1 saturated heterocycles. The minimum atomic E-state index is -0.730. The summed E-state index contributed by atoms with van der Waals surface area (Å²) in [6, 6.07) is 24.4. The van der Waals surface area contributed by atoms with Crippen LogP contribution in [0.15, 0.2) is 90.0 Å². The number of benzene rings is 3. The summed E-state index contributed by atoms with van der Waals surface area (Å²) < 4.78 is 2.68. The van der Waals surface area contributed by atoms with Crippen LogP contribution in [0, 0.1) is 0 Å². The number of rotatable bonds is 7. The molecule has 0 N–H and O–H groups in total. The van der Waals surface area contributed by atoms with E-state index in [1.807, 2.05) is 30.3 Å². The first-order valence-electron chi connectivity index (χ1n) is 12.1. The molecule has 3 aromatic carbocycles. The van der Waals surface area contributed by atoms with E-state index in [9.17, 15) is 9.59 Å². The van der Waals surface area contributed by atoms with E-state index < -0.39 is 6.04 Å². The van der Waals surface area contributed by atoms with Crippen LogP contribution in [0.25, 0.3) is 5.69 Å². The highest BCUT2D eigenvalue weighted by Gasteiger charge is 2.22. The van der Waals surface area contributed by atoms with Crippen LogP contribution >= 0.6 is 11.6 Å². The fraction of sp³-hybridized carbons (Fsp3) is 0.250. The van der Waals surface area contributed by atoms with E-state index in [2.05, 4.69) is 39.2 Å². The van der Waals surface area contributed by atoms with Crippen molar-refractivity contribution < 1.29 is 4.79 Å². The third-order valence-electron chi connectivity index (χ3n) is 6.68. The maximum absolute atomic E-state index is 13.0. The lowest BCUT2D eigenvalue weighted by Gasteiger charge is -2.36. The molecule has 0 spiro atoms. The van der Waals surface area contributed by atoms with Crippen LogP contribution in [-0.2, 0) is 6.54 Å². The first-order chi connectivity index (χ1) is 17.5. The molecule has 1 aliphatic rings. The minimum Gasteiger partial charge on any atom is -0.369 e. The summed E-state index contributed by atoms with van der Waals surface area (Å²) in [4.78, 5) is 30.7. The standard InChI is InChI=1S/C28H28ClN5O2/c1-21(27(35)23-7-9-24(29)10-8-23)34-28(36)33(20-30-34)26-13-11-25(12-14-26)32-17-15-31(16-18-32)19-22-5-3-2-4-6-22/h2-14,20-21H,15-19H2,1H3. The highest BCUT2D eigenvalue weighted by Crippen LogP contribution is 2.20. The van der Waals surface area contributed by atoms with Gasteiger partial charge in [0.15, 0.2) is 5.78 Å². The Kier molecular flexibility index (Phi) is 7.02. The monoisotopic (exact) mass is 501 g/mol. The number of aromatic nitrogens is 3. The number of hydrogen-bond acceptors (Lipinski definition) is 5. The van der Waals surface area contributed by atoms with Gasteiger partial charge in [-0.3, -0.25) is 9.69 Å². The molecule has 0 amide bonds. The van der Waals surface area contributed by atoms with Gasteiger partial charge in [-0.05, 0) is 61.0 Å². The number of piperazine rings is 1. The van der Waals surface area contributed by atoms with Crippen molar-refractivity contribution in [3.8, 4) is 5.69 Å². The second kappa shape index (κ2) is 10.5. The summed E-state index contributed by atoms with van der Waals surface area (Å²) >= 11 is 5.92. The maximum atomic E-state index is 13.0. The van der Waals surface area contributed by atoms with Crippen LogP contribution in [0.1, 0.15) is 28.9 Å². The van der Waals surface area contributed by atoms with E-state index in [1.54, 1.807) is 31.2 Å². The molecule has 7 nitrogen and oxygen atoms in total. The van der Waals surface area contributed by atoms with Gasteiger partial charge in [0.25, 0.3) is 0 Å². The molecule has 1 fully saturated rings. The van der Waals surface area contributed by atoms with E-state index in [-0.39, 0.29) is 11.5 Å². The zero-order valence-electron chi connectivity index (χ0n) is 20.1. The molecular weight excluding hydrogens is 474 g/mol. The van der Waals surface area contributed by atoms with E-state index in [1.165, 1.54) is 21.1 Å². The molecule has 1 atom stereocenters. The van der Waals surface area contributed by atoms with Crippen LogP contribution in [-0.4, -0.2) is 51.2 Å². The van der Waals surface area contributed by atoms with Gasteiger partial charge < -0.3 is 4.90 Å². The van der Waals surface area contributed by atoms with E-state index in [0.29, 0.717) is 16.3 Å². The number of hydrogen-bond donors (Lipinski definition) is 0. The van der Waals surface area contributed by atoms with Crippen molar-refractivity contribution in [1.82, 2.24) is 19.2 Å². The summed E-state index contributed by atoms with van der Waals surface area (Å²) in [6.45, 7) is 6.56. The molecule has 184 valence electrons. The average Bonchev–Trinajstić information content (AvgIpc) is 3.30. The summed E-state index contributed by atoms with van der Waals surface area (Å²) in [5.74, 6) is -0.194. The Labute approximate surface area is 215 Å². The van der Waals surface area contributed by atoms with E-state index in [0.717, 1.165) is 38.4 Å². The van der Waals surface area contributed by atoms with Gasteiger partial charge in [-0.15, -0.1) is 0 Å². The highest BCUT2D eigenvalue weighted by atomic mass is 35.5. The molecule has 1 aliphatic heterocycles. The lowest BCUT2D eigenvalue weighted by molar-refractivity contribution is 0.0925. The van der Waals surface area contributed by atoms with Crippen molar-refractivity contribution >= 4 is 23.1 Å². The molecule has 0 saturated carbocycles. The van der Waals surface area contributed by atoms with Gasteiger partial charge in [0.1, 0.15) is 12.4 Å². The number of nitrogens with zero attached hydrogens (tertiary/aromatic N) is 5. The van der Waals surface area contributed by atoms with Crippen molar-refractivity contribution in [2.75, 3.05) is 31.1 Å². The van der Waals surface area contributed by atoms with Crippen molar-refractivity contribution in [2.24, 2.45) is 0 Å². The smallest absolute Gasteiger partial charge is 0.351 e. The molecule has 0 radical (unpaired) electrons. The van der Waals surface area contributed by atoms with Crippen LogP contribution in [0.2, 0.25) is 5.02 Å². The number of Topliss-reactive ketones (excluding diaryl/α,β-unsaturated/α-hetero) is 1. The molecule has 5 rings (SSSR count). The fourth-order valence-corrected chi connectivity index (χ4v) is 4.68. The average molecular weight is 502 g/mol. The molecule has 2 heterocycles. The molecule has 8 heteroatoms. The molecular formula is C28H28ClN5O2. The predicted molar refractivity (Wildman–Crippen MR) is 142 cm³/mol. The van der Waals surface area contributed by atoms with Gasteiger partial charge in [0, 0.05) is 49.0 Å². The molecule has 1 unspecified atom stereocenters. The second-order valence-electron chi connectivity index (χ2n) is 9.04. The molecule has 0 aliphatic carbocycles. The minimum absolute atomic E-state index is 0.194. The highest BCUT2D eigenvalue weighted by molar-refractivity contribution is 6.30. The Morgan fingerprint density at radius 1 is 0.889 bits per heavy atom. The van der Waals surface area contributed by atoms with E-state index in [4.69, 9.17) is 11.6 Å². The van der Waals surface area contributed by atoms with Crippen molar-refractivity contribution in [1.29, 1.82) is 0 Å². The van der Waals surface area contributed by atoms with Gasteiger partial charge in [-0.1, -0.05) is 41.9 Å². The fourth-order valence-electron chi connectivity index (χ4n) is 4.56. The van der Waals surface area contributed by atoms with E-state index >= 15 is 0 Å². The van der Waals surface area contributed by atoms with Gasteiger partial charge in [0.2, 0.25) is 0 Å². The molecule has 36 heavy (non-hydrogen) atoms. The first-order valence-corrected chi connectivity index (χ1v) is 12.4. The quantitative estimate of drug-likeness (QED) is 0.350. The summed E-state index contributed by atoms with van der Waals surface area (Å²) in [5.41, 5.74) is 3.31. The number of halogens is 1. The van der Waals surface area contributed by atoms with Crippen LogP contribution in [0.4, 0.5) is 5.69 Å². The number of carbonyl (C=O) groups is 1. The zero-order valence-corrected chi connectivity index (χ0v) is 20.9. The third kappa shape index (κ3) is 5.12. The second-order valence-corrected chi connectivity index (χ2v) is 9.48. The van der Waals surface area contributed by atoms with Crippen molar-refractivity contribution in [3.63, 3.8) is 0 Å². The number of ketones is 1. The van der Waals surface area contributed by atoms with Gasteiger partial charge in [0.05, 0.1) is 5.69 Å². The summed E-state index contributed by atoms with van der Waals surface area (Å²) in [6.07, 6.45) is 1.46. The predicted octanol–water partition coefficient (Wildman–Crippen LogP) is 4.45. The largest absolute Gasteiger partial charge is 0.369 e. The normalized spacial score (nSPS) is 15.1. The topological polar surface area (TPSA) is 63.4 Å². The Hall–Kier alpha value is -3.68. The van der Waals surface area contributed by atoms with Crippen LogP contribution in [0.5, 0.6) is 0 Å². The van der Waals surface area contributed by atoms with Gasteiger partial charge in [-0.25, -0.2) is 14.0 Å². The molecule has 4 aromatic rings. The number of carbonyl (C=O) groups excluding carboxylic acids is 1. The molecule has 1 aromatic heterocycles. The maximum Gasteiger partial charge on any atom is 0.351 e. The first kappa shape index (κ1) is 24.0. The van der Waals surface area contributed by atoms with Crippen molar-refractivity contribution in [2.45, 2.75) is 19.5 Å². The Morgan fingerprint density at radius 2 is 1.53 bits per heavy atom. The Bertz CT molecular complexity index is 1370. The van der Waals surface area contributed by atoms with Gasteiger partial charge in [-0.2, -0.15) is 5.10 Å². The van der Waals surface area contributed by atoms with Crippen molar-refractivity contribution in [3.05, 3.63) is 112 Å². The Balaban J connectivity index is 1.24. The number of anilines is 1. The SMILES string of the molecule is CC(C(=O)c1ccc(Cl)cc1)n1ncn(-c2ccc(N3CCN(Cc4ccccc4)CC3)cc2)c1=O. The lowest BCUT2D eigenvalue weighted by atomic mass is 10.1. The third-order valence-corrected chi connectivity index (χ3v) is 6.93. The van der Waals surface area contributed by atoms with Crippen LogP contribution < -0.4 is 10.6 Å².